The standard InChI is InChI=1S/C81H68O14/c1-56-76(93-72(82)46-36-57-32-40-66(41-33-57)85-50-59-20-8-2-9-21-59)79(90-55-64-30-18-7-19-31-64)80(94-73(83)47-37-58-34-42-67(43-35-58)86-51-60-22-10-3-11-23-60)81(91-56)95-78-75(84)74-70(89-54-63-28-16-6-17-29-63)48-69(88-53-62-26-14-5-15-27-62)49-71(74)92-77(78)65-38-44-68(45-39-65)87-52-61-24-12-4-13-25-61/h2-49,56,76,79-81H,50-55H2,1H3/b46-36+,47-37+/t56?,76-,79?,80?,81-/m0/s1. The Morgan fingerprint density at radius 1 is 0.411 bits per heavy atom. The Morgan fingerprint density at radius 3 is 1.22 bits per heavy atom. The van der Waals surface area contributed by atoms with Crippen molar-refractivity contribution in [1.29, 1.82) is 0 Å². The highest BCUT2D eigenvalue weighted by Crippen LogP contribution is 2.40. The van der Waals surface area contributed by atoms with E-state index >= 15 is 4.79 Å². The second-order valence-corrected chi connectivity index (χ2v) is 22.5. The molecular formula is C81H68O14. The molecule has 0 bridgehead atoms. The van der Waals surface area contributed by atoms with Gasteiger partial charge >= 0.3 is 11.9 Å². The molecule has 14 heteroatoms. The first-order chi connectivity index (χ1) is 46.7. The normalized spacial score (nSPS) is 16.0. The van der Waals surface area contributed by atoms with Crippen molar-refractivity contribution in [3.8, 4) is 45.8 Å². The van der Waals surface area contributed by atoms with Crippen LogP contribution in [0.3, 0.4) is 0 Å². The van der Waals surface area contributed by atoms with Crippen molar-refractivity contribution < 1.29 is 61.4 Å². The number of hydrogen-bond acceptors (Lipinski definition) is 14. The molecule has 1 aliphatic heterocycles. The largest absolute Gasteiger partial charge is 0.489 e. The van der Waals surface area contributed by atoms with E-state index in [2.05, 4.69) is 0 Å². The van der Waals surface area contributed by atoms with Crippen LogP contribution in [0.4, 0.5) is 0 Å². The summed E-state index contributed by atoms with van der Waals surface area (Å²) in [7, 11) is 0. The third kappa shape index (κ3) is 17.6. The van der Waals surface area contributed by atoms with Crippen LogP contribution in [0.15, 0.2) is 288 Å². The van der Waals surface area contributed by atoms with Crippen LogP contribution >= 0.6 is 0 Å². The highest BCUT2D eigenvalue weighted by atomic mass is 16.7. The van der Waals surface area contributed by atoms with Crippen LogP contribution in [0.1, 0.15) is 51.4 Å². The summed E-state index contributed by atoms with van der Waals surface area (Å²) in [6.45, 7) is 3.00. The predicted molar refractivity (Wildman–Crippen MR) is 362 cm³/mol. The summed E-state index contributed by atoms with van der Waals surface area (Å²) >= 11 is 0. The van der Waals surface area contributed by atoms with Crippen molar-refractivity contribution in [2.24, 2.45) is 0 Å². The zero-order valence-corrected chi connectivity index (χ0v) is 52.1. The summed E-state index contributed by atoms with van der Waals surface area (Å²) in [5.41, 5.74) is 6.76. The Morgan fingerprint density at radius 2 is 0.789 bits per heavy atom. The third-order valence-electron chi connectivity index (χ3n) is 15.6. The molecule has 0 N–H and O–H groups in total. The molecule has 0 spiro atoms. The van der Waals surface area contributed by atoms with Gasteiger partial charge in [0.1, 0.15) is 78.9 Å². The molecule has 1 saturated heterocycles. The number of carbonyl (C=O) groups is 2. The maximum atomic E-state index is 15.9. The van der Waals surface area contributed by atoms with Crippen LogP contribution in [0.5, 0.6) is 34.5 Å². The van der Waals surface area contributed by atoms with Gasteiger partial charge in [0.05, 0.1) is 12.7 Å². The van der Waals surface area contributed by atoms with Gasteiger partial charge in [-0.15, -0.1) is 0 Å². The highest BCUT2D eigenvalue weighted by molar-refractivity contribution is 5.90. The molecular weight excluding hydrogens is 1200 g/mol. The number of carbonyl (C=O) groups excluding carboxylic acids is 2. The molecule has 2 heterocycles. The quantitative estimate of drug-likeness (QED) is 0.0354. The van der Waals surface area contributed by atoms with Crippen LogP contribution in [0, 0.1) is 0 Å². The van der Waals surface area contributed by atoms with E-state index in [1.165, 1.54) is 12.2 Å². The van der Waals surface area contributed by atoms with Crippen molar-refractivity contribution in [3.63, 3.8) is 0 Å². The van der Waals surface area contributed by atoms with Crippen molar-refractivity contribution in [1.82, 2.24) is 0 Å². The first-order valence-corrected chi connectivity index (χ1v) is 31.2. The molecule has 11 aromatic rings. The molecule has 0 aliphatic carbocycles. The smallest absolute Gasteiger partial charge is 0.331 e. The molecule has 0 saturated carbocycles. The van der Waals surface area contributed by atoms with Gasteiger partial charge < -0.3 is 51.8 Å². The van der Waals surface area contributed by atoms with Gasteiger partial charge in [-0.1, -0.05) is 206 Å². The lowest BCUT2D eigenvalue weighted by atomic mass is 9.98. The summed E-state index contributed by atoms with van der Waals surface area (Å²) in [6, 6.07) is 82.8. The van der Waals surface area contributed by atoms with Crippen molar-refractivity contribution in [2.75, 3.05) is 0 Å². The Labute approximate surface area is 550 Å². The first kappa shape index (κ1) is 63.7. The molecule has 3 unspecified atom stereocenters. The average molecular weight is 1270 g/mol. The van der Waals surface area contributed by atoms with Crippen molar-refractivity contribution in [3.05, 3.63) is 334 Å². The Bertz CT molecular complexity index is 4380. The maximum Gasteiger partial charge on any atom is 0.331 e. The lowest BCUT2D eigenvalue weighted by Crippen LogP contribution is -2.61. The summed E-state index contributed by atoms with van der Waals surface area (Å²) in [5.74, 6) is 0.424. The summed E-state index contributed by atoms with van der Waals surface area (Å²) in [5, 5.41) is 0.0243. The molecule has 1 fully saturated rings. The fraction of sp³-hybridized carbons (Fsp3) is 0.148. The molecule has 476 valence electrons. The molecule has 95 heavy (non-hydrogen) atoms. The average Bonchev–Trinajstić information content (AvgIpc) is 0.778. The lowest BCUT2D eigenvalue weighted by molar-refractivity contribution is -0.285. The molecule has 0 amide bonds. The fourth-order valence-corrected chi connectivity index (χ4v) is 10.6. The van der Waals surface area contributed by atoms with Gasteiger partial charge in [0.2, 0.25) is 17.5 Å². The Hall–Kier alpha value is -11.5. The zero-order chi connectivity index (χ0) is 65.0. The van der Waals surface area contributed by atoms with Gasteiger partial charge in [0.25, 0.3) is 0 Å². The summed E-state index contributed by atoms with van der Waals surface area (Å²) < 4.78 is 71.4. The van der Waals surface area contributed by atoms with Crippen molar-refractivity contribution in [2.45, 2.75) is 77.3 Å². The fourth-order valence-electron chi connectivity index (χ4n) is 10.6. The Balaban J connectivity index is 0.909. The SMILES string of the molecule is CC1O[C@@H](Oc2c(-c3ccc(OCc4ccccc4)cc3)oc3cc(OCc4ccccc4)cc(OCc4ccccc4)c3c2=O)C(OC(=O)/C=C/c2ccc(OCc3ccccc3)cc2)C(OCc2ccccc2)[C@H]1OC(=O)/C=C/c1ccc(OCc2ccccc2)cc1. The van der Waals surface area contributed by atoms with Crippen LogP contribution in [0.2, 0.25) is 0 Å². The lowest BCUT2D eigenvalue weighted by Gasteiger charge is -2.43. The maximum absolute atomic E-state index is 15.9. The van der Waals surface area contributed by atoms with Crippen LogP contribution in [0.25, 0.3) is 34.4 Å². The minimum Gasteiger partial charge on any atom is -0.489 e. The number of esters is 2. The molecule has 5 atom stereocenters. The van der Waals surface area contributed by atoms with Gasteiger partial charge in [0.15, 0.2) is 18.0 Å². The number of ether oxygens (including phenoxy) is 10. The summed E-state index contributed by atoms with van der Waals surface area (Å²) in [6.07, 6.45) is -0.984. The van der Waals surface area contributed by atoms with E-state index in [9.17, 15) is 9.59 Å². The zero-order valence-electron chi connectivity index (χ0n) is 52.1. The molecule has 1 aliphatic rings. The highest BCUT2D eigenvalue weighted by Gasteiger charge is 2.51. The Kier molecular flexibility index (Phi) is 21.3. The molecule has 1 aromatic heterocycles. The number of fused-ring (bicyclic) bond motifs is 1. The van der Waals surface area contributed by atoms with E-state index in [1.54, 1.807) is 67.6 Å². The van der Waals surface area contributed by atoms with Gasteiger partial charge in [-0.25, -0.2) is 9.59 Å². The van der Waals surface area contributed by atoms with E-state index in [4.69, 9.17) is 51.8 Å². The topological polar surface area (TPSA) is 157 Å². The second kappa shape index (κ2) is 31.7. The van der Waals surface area contributed by atoms with Gasteiger partial charge in [-0.2, -0.15) is 0 Å². The summed E-state index contributed by atoms with van der Waals surface area (Å²) in [4.78, 5) is 44.7. The van der Waals surface area contributed by atoms with Gasteiger partial charge in [0, 0.05) is 29.8 Å². The van der Waals surface area contributed by atoms with E-state index in [-0.39, 0.29) is 48.0 Å². The van der Waals surface area contributed by atoms with Crippen LogP contribution in [-0.4, -0.2) is 42.6 Å². The predicted octanol–water partition coefficient (Wildman–Crippen LogP) is 16.3. The molecule has 0 radical (unpaired) electrons. The monoisotopic (exact) mass is 1260 g/mol. The third-order valence-corrected chi connectivity index (χ3v) is 15.6. The van der Waals surface area contributed by atoms with Gasteiger partial charge in [-0.05, 0) is 112 Å². The minimum atomic E-state index is -1.63. The van der Waals surface area contributed by atoms with Crippen LogP contribution < -0.4 is 33.8 Å². The van der Waals surface area contributed by atoms with Crippen LogP contribution in [-0.2, 0) is 68.2 Å². The van der Waals surface area contributed by atoms with Gasteiger partial charge in [-0.3, -0.25) is 4.79 Å². The van der Waals surface area contributed by atoms with E-state index < -0.39 is 48.1 Å². The van der Waals surface area contributed by atoms with E-state index in [0.717, 1.165) is 33.4 Å². The minimum absolute atomic E-state index is 0.0139. The second-order valence-electron chi connectivity index (χ2n) is 22.5. The number of hydrogen-bond donors (Lipinski definition) is 0. The molecule has 14 nitrogen and oxygen atoms in total. The molecule has 10 aromatic carbocycles. The number of rotatable bonds is 27. The van der Waals surface area contributed by atoms with E-state index in [1.807, 2.05) is 218 Å². The number of benzene rings is 10. The molecule has 12 rings (SSSR count). The first-order valence-electron chi connectivity index (χ1n) is 31.2. The van der Waals surface area contributed by atoms with E-state index in [0.29, 0.717) is 59.5 Å². The van der Waals surface area contributed by atoms with Crippen molar-refractivity contribution >= 4 is 35.1 Å².